The van der Waals surface area contributed by atoms with E-state index in [1.54, 1.807) is 18.2 Å². The zero-order valence-corrected chi connectivity index (χ0v) is 8.58. The summed E-state index contributed by atoms with van der Waals surface area (Å²) in [5.74, 6) is -3.65. The SMILES string of the molecule is O=C(O)/C=C(\NC(=O)c1ccccc1)C(=O)O. The maximum absolute atomic E-state index is 11.5. The maximum atomic E-state index is 11.5. The minimum atomic E-state index is -1.52. The van der Waals surface area contributed by atoms with Crippen LogP contribution in [0.15, 0.2) is 42.1 Å². The van der Waals surface area contributed by atoms with E-state index in [4.69, 9.17) is 10.2 Å². The Hall–Kier alpha value is -2.63. The Kier molecular flexibility index (Phi) is 3.99. The van der Waals surface area contributed by atoms with Crippen molar-refractivity contribution in [1.29, 1.82) is 0 Å². The van der Waals surface area contributed by atoms with Crippen molar-refractivity contribution in [3.63, 3.8) is 0 Å². The van der Waals surface area contributed by atoms with E-state index in [-0.39, 0.29) is 5.56 Å². The molecule has 3 N–H and O–H groups in total. The van der Waals surface area contributed by atoms with E-state index in [9.17, 15) is 14.4 Å². The molecule has 0 aliphatic carbocycles. The Morgan fingerprint density at radius 1 is 1.06 bits per heavy atom. The van der Waals surface area contributed by atoms with Crippen LogP contribution >= 0.6 is 0 Å². The fraction of sp³-hybridized carbons (Fsp3) is 0. The number of amides is 1. The van der Waals surface area contributed by atoms with Crippen LogP contribution in [0.2, 0.25) is 0 Å². The summed E-state index contributed by atoms with van der Waals surface area (Å²) < 4.78 is 0. The predicted molar refractivity (Wildman–Crippen MR) is 57.3 cm³/mol. The molecule has 0 saturated carbocycles. The van der Waals surface area contributed by atoms with Crippen LogP contribution in [0.5, 0.6) is 0 Å². The molecular formula is C11H9NO5. The van der Waals surface area contributed by atoms with Crippen LogP contribution in [-0.4, -0.2) is 28.1 Å². The van der Waals surface area contributed by atoms with Crippen molar-refractivity contribution in [3.05, 3.63) is 47.7 Å². The fourth-order valence-corrected chi connectivity index (χ4v) is 1.06. The number of carbonyl (C=O) groups is 3. The molecule has 0 atom stereocenters. The lowest BCUT2D eigenvalue weighted by Gasteiger charge is -2.04. The highest BCUT2D eigenvalue weighted by molar-refractivity contribution is 6.02. The normalized spacial score (nSPS) is 10.7. The van der Waals surface area contributed by atoms with Crippen molar-refractivity contribution in [2.75, 3.05) is 0 Å². The van der Waals surface area contributed by atoms with Gasteiger partial charge in [0.05, 0.1) is 6.08 Å². The molecule has 6 nitrogen and oxygen atoms in total. The first-order valence-corrected chi connectivity index (χ1v) is 4.55. The van der Waals surface area contributed by atoms with Gasteiger partial charge in [0.25, 0.3) is 5.91 Å². The molecule has 0 aliphatic heterocycles. The molecule has 1 aromatic rings. The summed E-state index contributed by atoms with van der Waals surface area (Å²) in [6, 6.07) is 7.87. The van der Waals surface area contributed by atoms with Gasteiger partial charge >= 0.3 is 11.9 Å². The Labute approximate surface area is 96.2 Å². The van der Waals surface area contributed by atoms with Gasteiger partial charge < -0.3 is 15.5 Å². The average Bonchev–Trinajstić information content (AvgIpc) is 2.28. The van der Waals surface area contributed by atoms with Gasteiger partial charge in [-0.05, 0) is 12.1 Å². The van der Waals surface area contributed by atoms with Crippen molar-refractivity contribution in [3.8, 4) is 0 Å². The number of nitrogens with one attached hydrogen (secondary N) is 1. The number of carbonyl (C=O) groups excluding carboxylic acids is 1. The first-order valence-electron chi connectivity index (χ1n) is 4.55. The Morgan fingerprint density at radius 2 is 1.65 bits per heavy atom. The molecule has 88 valence electrons. The monoisotopic (exact) mass is 235 g/mol. The van der Waals surface area contributed by atoms with E-state index in [1.807, 2.05) is 5.32 Å². The smallest absolute Gasteiger partial charge is 0.352 e. The molecule has 0 saturated heterocycles. The van der Waals surface area contributed by atoms with Gasteiger partial charge in [0.1, 0.15) is 5.70 Å². The van der Waals surface area contributed by atoms with E-state index >= 15 is 0 Å². The second-order valence-electron chi connectivity index (χ2n) is 3.02. The van der Waals surface area contributed by atoms with Crippen LogP contribution in [0.3, 0.4) is 0 Å². The van der Waals surface area contributed by atoms with Gasteiger partial charge in [0.15, 0.2) is 0 Å². The molecule has 0 aliphatic rings. The molecule has 0 heterocycles. The Morgan fingerprint density at radius 3 is 2.12 bits per heavy atom. The predicted octanol–water partition coefficient (Wildman–Crippen LogP) is 0.470. The van der Waals surface area contributed by atoms with Gasteiger partial charge in [-0.3, -0.25) is 4.79 Å². The zero-order chi connectivity index (χ0) is 12.8. The highest BCUT2D eigenvalue weighted by atomic mass is 16.4. The molecule has 0 bridgehead atoms. The standard InChI is InChI=1S/C11H9NO5/c13-9(14)6-8(11(16)17)12-10(15)7-4-2-1-3-5-7/h1-6H,(H,12,15)(H,13,14)(H,16,17)/b8-6-. The maximum Gasteiger partial charge on any atom is 0.352 e. The molecule has 0 spiro atoms. The first kappa shape index (κ1) is 12.4. The van der Waals surface area contributed by atoms with Crippen molar-refractivity contribution >= 4 is 17.8 Å². The first-order chi connectivity index (χ1) is 8.00. The van der Waals surface area contributed by atoms with Crippen molar-refractivity contribution < 1.29 is 24.6 Å². The highest BCUT2D eigenvalue weighted by Crippen LogP contribution is 2.00. The number of aliphatic carboxylic acids is 2. The van der Waals surface area contributed by atoms with E-state index in [1.165, 1.54) is 12.1 Å². The lowest BCUT2D eigenvalue weighted by atomic mass is 10.2. The minimum Gasteiger partial charge on any atom is -0.478 e. The lowest BCUT2D eigenvalue weighted by molar-refractivity contribution is -0.135. The lowest BCUT2D eigenvalue weighted by Crippen LogP contribution is -2.28. The third-order valence-corrected chi connectivity index (χ3v) is 1.78. The number of carboxylic acid groups (broad SMARTS) is 2. The number of benzene rings is 1. The highest BCUT2D eigenvalue weighted by Gasteiger charge is 2.14. The summed E-state index contributed by atoms with van der Waals surface area (Å²) in [7, 11) is 0. The molecular weight excluding hydrogens is 226 g/mol. The summed E-state index contributed by atoms with van der Waals surface area (Å²) in [5.41, 5.74) is -0.448. The largest absolute Gasteiger partial charge is 0.478 e. The third-order valence-electron chi connectivity index (χ3n) is 1.78. The van der Waals surface area contributed by atoms with Crippen LogP contribution in [0, 0.1) is 0 Å². The van der Waals surface area contributed by atoms with E-state index in [0.29, 0.717) is 6.08 Å². The molecule has 6 heteroatoms. The Bertz CT molecular complexity index is 478. The van der Waals surface area contributed by atoms with E-state index < -0.39 is 23.5 Å². The van der Waals surface area contributed by atoms with Gasteiger partial charge in [-0.15, -0.1) is 0 Å². The number of rotatable bonds is 4. The van der Waals surface area contributed by atoms with Gasteiger partial charge in [-0.1, -0.05) is 18.2 Å². The molecule has 0 radical (unpaired) electrons. The van der Waals surface area contributed by atoms with Crippen molar-refractivity contribution in [2.24, 2.45) is 0 Å². The van der Waals surface area contributed by atoms with Crippen LogP contribution in [0.25, 0.3) is 0 Å². The van der Waals surface area contributed by atoms with E-state index in [0.717, 1.165) is 0 Å². The fourth-order valence-electron chi connectivity index (χ4n) is 1.06. The van der Waals surface area contributed by atoms with Gasteiger partial charge in [-0.25, -0.2) is 9.59 Å². The molecule has 1 rings (SSSR count). The molecule has 17 heavy (non-hydrogen) atoms. The summed E-state index contributed by atoms with van der Waals surface area (Å²) >= 11 is 0. The van der Waals surface area contributed by atoms with Crippen LogP contribution < -0.4 is 5.32 Å². The molecule has 0 fully saturated rings. The molecule has 1 amide bonds. The summed E-state index contributed by atoms with van der Waals surface area (Å²) in [6.07, 6.45) is 0.420. The number of hydrogen-bond acceptors (Lipinski definition) is 3. The van der Waals surface area contributed by atoms with Crippen LogP contribution in [0.1, 0.15) is 10.4 Å². The Balaban J connectivity index is 2.86. The van der Waals surface area contributed by atoms with Gasteiger partial charge in [0, 0.05) is 5.56 Å². The third kappa shape index (κ3) is 3.78. The van der Waals surface area contributed by atoms with Crippen molar-refractivity contribution in [2.45, 2.75) is 0 Å². The molecule has 0 unspecified atom stereocenters. The van der Waals surface area contributed by atoms with Gasteiger partial charge in [-0.2, -0.15) is 0 Å². The number of carboxylic acids is 2. The topological polar surface area (TPSA) is 104 Å². The van der Waals surface area contributed by atoms with E-state index in [2.05, 4.69) is 0 Å². The van der Waals surface area contributed by atoms with Gasteiger partial charge in [0.2, 0.25) is 0 Å². The second kappa shape index (κ2) is 5.45. The second-order valence-corrected chi connectivity index (χ2v) is 3.02. The minimum absolute atomic E-state index is 0.241. The summed E-state index contributed by atoms with van der Waals surface area (Å²) in [5, 5.41) is 19.1. The number of hydrogen-bond donors (Lipinski definition) is 3. The zero-order valence-electron chi connectivity index (χ0n) is 8.58. The quantitative estimate of drug-likeness (QED) is 0.658. The van der Waals surface area contributed by atoms with Crippen LogP contribution in [-0.2, 0) is 9.59 Å². The van der Waals surface area contributed by atoms with Crippen LogP contribution in [0.4, 0.5) is 0 Å². The molecule has 1 aromatic carbocycles. The van der Waals surface area contributed by atoms with Crippen molar-refractivity contribution in [1.82, 2.24) is 5.32 Å². The average molecular weight is 235 g/mol. The summed E-state index contributed by atoms with van der Waals surface area (Å²) in [6.45, 7) is 0. The molecule has 0 aromatic heterocycles. The summed E-state index contributed by atoms with van der Waals surface area (Å²) in [4.78, 5) is 32.5.